The van der Waals surface area contributed by atoms with Gasteiger partial charge in [-0.3, -0.25) is 0 Å². The minimum Gasteiger partial charge on any atom is -0.382 e. The molecule has 6 nitrogen and oxygen atoms in total. The van der Waals surface area contributed by atoms with E-state index in [9.17, 15) is 0 Å². The molecule has 0 saturated carbocycles. The quantitative estimate of drug-likeness (QED) is 0.658. The number of nitrogens with zero attached hydrogens (tertiary/aromatic N) is 2. The van der Waals surface area contributed by atoms with Crippen molar-refractivity contribution in [2.24, 2.45) is 5.73 Å². The van der Waals surface area contributed by atoms with Crippen LogP contribution in [0.25, 0.3) is 0 Å². The van der Waals surface area contributed by atoms with Crippen molar-refractivity contribution in [3.8, 4) is 0 Å². The molecular weight excluding hydrogens is 198 g/mol. The topological polar surface area (TPSA) is 83.4 Å². The van der Waals surface area contributed by atoms with Crippen molar-refractivity contribution in [2.75, 3.05) is 26.9 Å². The van der Waals surface area contributed by atoms with Gasteiger partial charge in [0.1, 0.15) is 0 Å². The van der Waals surface area contributed by atoms with Crippen molar-refractivity contribution < 1.29 is 14.0 Å². The van der Waals surface area contributed by atoms with Crippen LogP contribution in [0, 0.1) is 0 Å². The van der Waals surface area contributed by atoms with Crippen molar-refractivity contribution in [3.63, 3.8) is 0 Å². The average Bonchev–Trinajstić information content (AvgIpc) is 2.66. The first-order chi connectivity index (χ1) is 7.24. The second kappa shape index (κ2) is 6.49. The van der Waals surface area contributed by atoms with E-state index in [0.717, 1.165) is 0 Å². The van der Waals surface area contributed by atoms with Crippen LogP contribution in [-0.4, -0.2) is 37.1 Å². The van der Waals surface area contributed by atoms with Gasteiger partial charge in [-0.05, 0) is 6.92 Å². The fourth-order valence-corrected chi connectivity index (χ4v) is 0.962. The van der Waals surface area contributed by atoms with E-state index in [1.165, 1.54) is 0 Å². The van der Waals surface area contributed by atoms with Crippen molar-refractivity contribution >= 4 is 0 Å². The molecular formula is C9H17N3O3. The SMILES string of the molecule is COCCOCCc1noc([C@@H](C)N)n1. The Labute approximate surface area is 88.7 Å². The van der Waals surface area contributed by atoms with E-state index < -0.39 is 0 Å². The number of rotatable bonds is 7. The van der Waals surface area contributed by atoms with Crippen LogP contribution in [0.2, 0.25) is 0 Å². The van der Waals surface area contributed by atoms with Crippen LogP contribution in [0.5, 0.6) is 0 Å². The Morgan fingerprint density at radius 3 is 2.80 bits per heavy atom. The van der Waals surface area contributed by atoms with Gasteiger partial charge in [0, 0.05) is 13.5 Å². The first-order valence-electron chi connectivity index (χ1n) is 4.88. The van der Waals surface area contributed by atoms with E-state index >= 15 is 0 Å². The van der Waals surface area contributed by atoms with Gasteiger partial charge >= 0.3 is 0 Å². The number of aromatic nitrogens is 2. The van der Waals surface area contributed by atoms with E-state index in [-0.39, 0.29) is 6.04 Å². The molecule has 0 amide bonds. The molecule has 1 heterocycles. The molecule has 1 atom stereocenters. The molecule has 15 heavy (non-hydrogen) atoms. The molecule has 1 aromatic rings. The van der Waals surface area contributed by atoms with Crippen molar-refractivity contribution in [2.45, 2.75) is 19.4 Å². The van der Waals surface area contributed by atoms with Crippen LogP contribution in [-0.2, 0) is 15.9 Å². The zero-order chi connectivity index (χ0) is 11.1. The second-order valence-electron chi connectivity index (χ2n) is 3.19. The molecule has 0 bridgehead atoms. The maximum Gasteiger partial charge on any atom is 0.243 e. The zero-order valence-electron chi connectivity index (χ0n) is 9.10. The van der Waals surface area contributed by atoms with Crippen molar-refractivity contribution in [1.29, 1.82) is 0 Å². The molecule has 0 saturated heterocycles. The van der Waals surface area contributed by atoms with Gasteiger partial charge in [-0.2, -0.15) is 4.98 Å². The third-order valence-corrected chi connectivity index (χ3v) is 1.78. The number of methoxy groups -OCH3 is 1. The van der Waals surface area contributed by atoms with Crippen LogP contribution in [0.4, 0.5) is 0 Å². The molecule has 6 heteroatoms. The summed E-state index contributed by atoms with van der Waals surface area (Å²) in [7, 11) is 1.64. The monoisotopic (exact) mass is 215 g/mol. The largest absolute Gasteiger partial charge is 0.382 e. The van der Waals surface area contributed by atoms with Gasteiger partial charge in [0.2, 0.25) is 5.89 Å². The summed E-state index contributed by atoms with van der Waals surface area (Å²) in [6.45, 7) is 3.53. The lowest BCUT2D eigenvalue weighted by atomic mass is 10.3. The second-order valence-corrected chi connectivity index (χ2v) is 3.19. The fourth-order valence-electron chi connectivity index (χ4n) is 0.962. The highest BCUT2D eigenvalue weighted by molar-refractivity contribution is 4.90. The molecule has 0 aliphatic rings. The minimum absolute atomic E-state index is 0.222. The summed E-state index contributed by atoms with van der Waals surface area (Å²) in [6.07, 6.45) is 0.625. The van der Waals surface area contributed by atoms with Gasteiger partial charge in [0.25, 0.3) is 0 Å². The van der Waals surface area contributed by atoms with Gasteiger partial charge in [-0.25, -0.2) is 0 Å². The lowest BCUT2D eigenvalue weighted by Crippen LogP contribution is -2.07. The summed E-state index contributed by atoms with van der Waals surface area (Å²) in [5, 5.41) is 3.78. The van der Waals surface area contributed by atoms with Crippen LogP contribution >= 0.6 is 0 Å². The Bertz CT molecular complexity index is 275. The van der Waals surface area contributed by atoms with E-state index in [1.807, 2.05) is 0 Å². The maximum atomic E-state index is 5.58. The van der Waals surface area contributed by atoms with E-state index in [0.29, 0.717) is 38.0 Å². The maximum absolute atomic E-state index is 5.58. The summed E-state index contributed by atoms with van der Waals surface area (Å²) in [5.41, 5.74) is 5.58. The van der Waals surface area contributed by atoms with Crippen LogP contribution < -0.4 is 5.73 Å². The average molecular weight is 215 g/mol. The lowest BCUT2D eigenvalue weighted by molar-refractivity contribution is 0.0714. The highest BCUT2D eigenvalue weighted by Crippen LogP contribution is 2.05. The van der Waals surface area contributed by atoms with E-state index in [4.69, 9.17) is 19.7 Å². The molecule has 0 spiro atoms. The van der Waals surface area contributed by atoms with Crippen LogP contribution in [0.3, 0.4) is 0 Å². The number of nitrogens with two attached hydrogens (primary N) is 1. The number of ether oxygens (including phenoxy) is 2. The molecule has 0 unspecified atom stereocenters. The summed E-state index contributed by atoms with van der Waals surface area (Å²) < 4.78 is 15.0. The zero-order valence-corrected chi connectivity index (χ0v) is 9.10. The van der Waals surface area contributed by atoms with Gasteiger partial charge in [0.05, 0.1) is 25.9 Å². The molecule has 0 aliphatic heterocycles. The molecule has 2 N–H and O–H groups in total. The standard InChI is InChI=1S/C9H17N3O3/c1-7(10)9-11-8(12-15-9)3-4-14-6-5-13-2/h7H,3-6,10H2,1-2H3/t7-/m1/s1. The lowest BCUT2D eigenvalue weighted by Gasteiger charge is -2.00. The molecule has 86 valence electrons. The smallest absolute Gasteiger partial charge is 0.243 e. The third kappa shape index (κ3) is 4.37. The predicted octanol–water partition coefficient (Wildman–Crippen LogP) is 0.295. The summed E-state index contributed by atoms with van der Waals surface area (Å²) in [5.74, 6) is 1.08. The Balaban J connectivity index is 2.20. The Hall–Kier alpha value is -0.980. The van der Waals surface area contributed by atoms with Gasteiger partial charge in [-0.15, -0.1) is 0 Å². The molecule has 0 fully saturated rings. The molecule has 0 aromatic carbocycles. The Morgan fingerprint density at radius 1 is 1.40 bits per heavy atom. The van der Waals surface area contributed by atoms with Crippen molar-refractivity contribution in [1.82, 2.24) is 10.1 Å². The predicted molar refractivity (Wildman–Crippen MR) is 53.3 cm³/mol. The molecule has 0 radical (unpaired) electrons. The molecule has 0 aliphatic carbocycles. The minimum atomic E-state index is -0.222. The van der Waals surface area contributed by atoms with Gasteiger partial charge < -0.3 is 19.7 Å². The summed E-state index contributed by atoms with van der Waals surface area (Å²) in [4.78, 5) is 4.11. The molecule has 1 aromatic heterocycles. The summed E-state index contributed by atoms with van der Waals surface area (Å²) in [6, 6.07) is -0.222. The van der Waals surface area contributed by atoms with Gasteiger partial charge in [0.15, 0.2) is 5.82 Å². The van der Waals surface area contributed by atoms with E-state index in [1.54, 1.807) is 14.0 Å². The summed E-state index contributed by atoms with van der Waals surface area (Å²) >= 11 is 0. The van der Waals surface area contributed by atoms with Crippen molar-refractivity contribution in [3.05, 3.63) is 11.7 Å². The third-order valence-electron chi connectivity index (χ3n) is 1.78. The van der Waals surface area contributed by atoms with Gasteiger partial charge in [-0.1, -0.05) is 5.16 Å². The molecule has 1 rings (SSSR count). The van der Waals surface area contributed by atoms with E-state index in [2.05, 4.69) is 10.1 Å². The number of hydrogen-bond donors (Lipinski definition) is 1. The number of hydrogen-bond acceptors (Lipinski definition) is 6. The van der Waals surface area contributed by atoms with Crippen LogP contribution in [0.1, 0.15) is 24.7 Å². The first-order valence-corrected chi connectivity index (χ1v) is 4.88. The first kappa shape index (κ1) is 12.1. The Morgan fingerprint density at radius 2 is 2.20 bits per heavy atom. The Kier molecular flexibility index (Phi) is 5.23. The highest BCUT2D eigenvalue weighted by Gasteiger charge is 2.09. The fraction of sp³-hybridized carbons (Fsp3) is 0.778. The van der Waals surface area contributed by atoms with Crippen LogP contribution in [0.15, 0.2) is 4.52 Å². The normalized spacial score (nSPS) is 13.0. The highest BCUT2D eigenvalue weighted by atomic mass is 16.5.